The molecule has 0 saturated carbocycles. The number of nitrogens with one attached hydrogen (secondary N) is 1. The van der Waals surface area contributed by atoms with Crippen molar-refractivity contribution in [2.75, 3.05) is 13.1 Å². The van der Waals surface area contributed by atoms with Gasteiger partial charge in [-0.25, -0.2) is 13.6 Å². The van der Waals surface area contributed by atoms with E-state index < -0.39 is 160 Å². The van der Waals surface area contributed by atoms with E-state index in [0.717, 1.165) is 17.0 Å². The largest absolute Gasteiger partial charge is 0.444 e. The summed E-state index contributed by atoms with van der Waals surface area (Å²) in [6.07, 6.45) is -36.4. The Bertz CT molecular complexity index is 2670. The summed E-state index contributed by atoms with van der Waals surface area (Å²) in [4.78, 5) is 38.4. The van der Waals surface area contributed by atoms with Gasteiger partial charge in [-0.15, -0.1) is 0 Å². The Hall–Kier alpha value is -4.55. The number of alkyl halides is 20. The molecule has 2 aliphatic rings. The SMILES string of the molecule is CC(C)(C)OC(=O)N1C[C@@H](F)C[C@H]1C(=O)CCc1cc(-c2cc(C(F)(F)F)cc(C(F)(F)F)c2)cc(C(F)(F)F)c1.O=C(CCc1cc(-c2cc(C(F)(F)F)cc(C(F)(F)F)c2)cc(C(F)(F)F)c1)[C@@H]1C[C@H](F)CN1.S.S.S.S. The van der Waals surface area contributed by atoms with Gasteiger partial charge in [-0.1, -0.05) is 12.1 Å². The minimum atomic E-state index is -5.22. The number of benzene rings is 4. The molecule has 30 heteroatoms. The van der Waals surface area contributed by atoms with Crippen LogP contribution in [0.3, 0.4) is 0 Å². The molecule has 0 aliphatic carbocycles. The summed E-state index contributed by atoms with van der Waals surface area (Å²) in [5.74, 6) is -1.16. The first-order chi connectivity index (χ1) is 34.1. The van der Waals surface area contributed by atoms with Crippen LogP contribution < -0.4 is 5.32 Å². The summed E-state index contributed by atoms with van der Waals surface area (Å²) in [6, 6.07) is 3.07. The van der Waals surface area contributed by atoms with Crippen LogP contribution in [0.5, 0.6) is 0 Å². The van der Waals surface area contributed by atoms with Gasteiger partial charge >= 0.3 is 43.2 Å². The molecule has 4 aromatic rings. The molecular weight excluding hydrogens is 1190 g/mol. The molecule has 4 atom stereocenters. The number of amides is 1. The average molecular weight is 1240 g/mol. The van der Waals surface area contributed by atoms with E-state index in [9.17, 15) is 102 Å². The summed E-state index contributed by atoms with van der Waals surface area (Å²) in [6.45, 7) is 4.19. The minimum absolute atomic E-state index is 0. The molecule has 0 bridgehead atoms. The van der Waals surface area contributed by atoms with Crippen molar-refractivity contribution < 1.29 is 107 Å². The molecule has 2 saturated heterocycles. The van der Waals surface area contributed by atoms with Gasteiger partial charge in [0.1, 0.15) is 23.7 Å². The van der Waals surface area contributed by atoms with Crippen LogP contribution in [0.1, 0.15) is 91.0 Å². The lowest BCUT2D eigenvalue weighted by molar-refractivity contribution is -0.144. The fourth-order valence-corrected chi connectivity index (χ4v) is 8.00. The van der Waals surface area contributed by atoms with E-state index in [1.54, 1.807) is 20.8 Å². The number of ketones is 2. The average Bonchev–Trinajstić information content (AvgIpc) is 3.90. The number of likely N-dealkylation sites (tertiary alicyclic amines) is 1. The van der Waals surface area contributed by atoms with Gasteiger partial charge < -0.3 is 10.1 Å². The van der Waals surface area contributed by atoms with Crippen LogP contribution >= 0.6 is 54.0 Å². The summed E-state index contributed by atoms with van der Waals surface area (Å²) >= 11 is 0. The highest BCUT2D eigenvalue weighted by atomic mass is 32.1. The lowest BCUT2D eigenvalue weighted by Crippen LogP contribution is -2.43. The molecule has 2 aliphatic heterocycles. The standard InChI is InChI=1S/C27H25F10NO3.C22H17F10NO.4H2S/c1-24(2,3)41-23(40)38-13-20(28)12-21(38)22(39)5-4-14-6-15(8-17(7-14)25(29,30)31)16-9-18(26(32,33)34)11-19(10-16)27(35,36)37;23-17-9-18(33-10-17)19(34)2-1-11-3-12(5-14(4-11)20(24,25)26)13-6-15(21(27,28)29)8-16(7-13)22(30,31)32;;;;/h6-11,20-21H,4-5,12-13H2,1-3H3;3-8,17-18,33H,1-2,9-10H2;4*1H2/t20-,21-;17-,18-;;;;/m00..../s1. The van der Waals surface area contributed by atoms with Gasteiger partial charge in [0.15, 0.2) is 5.78 Å². The second-order valence-corrected chi connectivity index (χ2v) is 18.6. The number of nitrogens with zero attached hydrogens (tertiary/aromatic N) is 1. The molecule has 0 spiro atoms. The quantitative estimate of drug-likeness (QED) is 0.160. The maximum atomic E-state index is 14.1. The first kappa shape index (κ1) is 72.5. The molecule has 2 fully saturated rings. The summed E-state index contributed by atoms with van der Waals surface area (Å²) in [7, 11) is 0. The van der Waals surface area contributed by atoms with Crippen LogP contribution in [0.15, 0.2) is 72.8 Å². The zero-order valence-electron chi connectivity index (χ0n) is 41.0. The van der Waals surface area contributed by atoms with Gasteiger partial charge in [-0.05, 0) is 128 Å². The smallest absolute Gasteiger partial charge is 0.416 e. The number of carbonyl (C=O) groups excluding carboxylic acids is 3. The van der Waals surface area contributed by atoms with E-state index in [2.05, 4.69) is 5.32 Å². The van der Waals surface area contributed by atoms with Crippen LogP contribution in [-0.4, -0.2) is 65.7 Å². The maximum absolute atomic E-state index is 14.1. The van der Waals surface area contributed by atoms with E-state index in [0.29, 0.717) is 48.5 Å². The van der Waals surface area contributed by atoms with Gasteiger partial charge in [0.25, 0.3) is 0 Å². The van der Waals surface area contributed by atoms with Crippen molar-refractivity contribution in [3.63, 3.8) is 0 Å². The molecule has 79 heavy (non-hydrogen) atoms. The number of Topliss-reactive ketones (excluding diaryl/α,β-unsaturated/α-hetero) is 2. The molecule has 6 nitrogen and oxygen atoms in total. The van der Waals surface area contributed by atoms with Gasteiger partial charge in [-0.2, -0.15) is 133 Å². The zero-order valence-corrected chi connectivity index (χ0v) is 45.0. The molecule has 0 aromatic heterocycles. The summed E-state index contributed by atoms with van der Waals surface area (Å²) in [5, 5.41) is 2.64. The van der Waals surface area contributed by atoms with Gasteiger partial charge in [0.05, 0.1) is 52.0 Å². The molecule has 444 valence electrons. The minimum Gasteiger partial charge on any atom is -0.444 e. The van der Waals surface area contributed by atoms with Gasteiger partial charge in [0, 0.05) is 32.2 Å². The second-order valence-electron chi connectivity index (χ2n) is 18.6. The van der Waals surface area contributed by atoms with Gasteiger partial charge in [-0.3, -0.25) is 14.5 Å². The Morgan fingerprint density at radius 1 is 0.468 bits per heavy atom. The molecule has 4 aromatic carbocycles. The van der Waals surface area contributed by atoms with Crippen molar-refractivity contribution >= 4 is 71.6 Å². The van der Waals surface area contributed by atoms with E-state index in [1.807, 2.05) is 0 Å². The number of hydrogen-bond acceptors (Lipinski definition) is 5. The lowest BCUT2D eigenvalue weighted by atomic mass is 9.93. The number of halogens is 20. The molecule has 2 heterocycles. The van der Waals surface area contributed by atoms with E-state index >= 15 is 0 Å². The highest BCUT2D eigenvalue weighted by Crippen LogP contribution is 2.43. The zero-order chi connectivity index (χ0) is 56.6. The molecule has 1 amide bonds. The van der Waals surface area contributed by atoms with Crippen LogP contribution in [0.25, 0.3) is 22.3 Å². The molecule has 6 rings (SSSR count). The molecule has 0 radical (unpaired) electrons. The number of aryl methyl sites for hydroxylation is 2. The van der Waals surface area contributed by atoms with Crippen molar-refractivity contribution in [2.45, 2.75) is 126 Å². The van der Waals surface area contributed by atoms with Crippen molar-refractivity contribution in [3.8, 4) is 22.3 Å². The van der Waals surface area contributed by atoms with Crippen molar-refractivity contribution in [2.24, 2.45) is 0 Å². The van der Waals surface area contributed by atoms with Crippen molar-refractivity contribution in [1.82, 2.24) is 10.2 Å². The first-order valence-corrected chi connectivity index (χ1v) is 22.2. The highest BCUT2D eigenvalue weighted by molar-refractivity contribution is 7.59. The Balaban J connectivity index is 0.000000763. The van der Waals surface area contributed by atoms with E-state index in [4.69, 9.17) is 4.74 Å². The lowest BCUT2D eigenvalue weighted by Gasteiger charge is -2.27. The second kappa shape index (κ2) is 27.0. The Labute approximate surface area is 466 Å². The highest BCUT2D eigenvalue weighted by Gasteiger charge is 2.43. The monoisotopic (exact) mass is 1240 g/mol. The van der Waals surface area contributed by atoms with Crippen molar-refractivity contribution in [1.29, 1.82) is 0 Å². The third-order valence-electron chi connectivity index (χ3n) is 11.5. The molecular formula is C49H50F20N2O4S4. The fourth-order valence-electron chi connectivity index (χ4n) is 8.00. The maximum Gasteiger partial charge on any atom is 0.416 e. The van der Waals surface area contributed by atoms with Crippen molar-refractivity contribution in [3.05, 3.63) is 117 Å². The van der Waals surface area contributed by atoms with Crippen LogP contribution in [0, 0.1) is 0 Å². The predicted octanol–water partition coefficient (Wildman–Crippen LogP) is 15.3. The molecule has 1 N–H and O–H groups in total. The molecule has 0 unspecified atom stereocenters. The fraction of sp³-hybridized carbons (Fsp3) is 0.449. The predicted molar refractivity (Wildman–Crippen MR) is 269 cm³/mol. The Kier molecular flexibility index (Phi) is 24.8. The van der Waals surface area contributed by atoms with Crippen LogP contribution in [0.2, 0.25) is 0 Å². The summed E-state index contributed by atoms with van der Waals surface area (Å²) < 4.78 is 273. The van der Waals surface area contributed by atoms with Crippen LogP contribution in [-0.2, 0) is 64.2 Å². The normalized spacial score (nSPS) is 18.0. The number of carbonyl (C=O) groups is 3. The Morgan fingerprint density at radius 3 is 1.09 bits per heavy atom. The first-order valence-electron chi connectivity index (χ1n) is 22.2. The topological polar surface area (TPSA) is 75.7 Å². The number of rotatable bonds is 10. The van der Waals surface area contributed by atoms with Gasteiger partial charge in [0.2, 0.25) is 0 Å². The van der Waals surface area contributed by atoms with Crippen LogP contribution in [0.4, 0.5) is 92.6 Å². The summed E-state index contributed by atoms with van der Waals surface area (Å²) in [5.41, 5.74) is -13.3. The van der Waals surface area contributed by atoms with E-state index in [-0.39, 0.29) is 109 Å². The Morgan fingerprint density at radius 2 is 0.785 bits per heavy atom. The third-order valence-corrected chi connectivity index (χ3v) is 11.5. The van der Waals surface area contributed by atoms with E-state index in [1.165, 1.54) is 0 Å². The number of hydrogen-bond donors (Lipinski definition) is 1. The third kappa shape index (κ3) is 20.4. The number of ether oxygens (including phenoxy) is 1.